The van der Waals surface area contributed by atoms with Gasteiger partial charge in [0.15, 0.2) is 0 Å². The van der Waals surface area contributed by atoms with E-state index in [9.17, 15) is 22.0 Å². The predicted molar refractivity (Wildman–Crippen MR) is 73.3 cm³/mol. The zero-order valence-electron chi connectivity index (χ0n) is 11.9. The van der Waals surface area contributed by atoms with E-state index in [1.165, 1.54) is 36.4 Å². The Kier molecular flexibility index (Phi) is 5.08. The minimum atomic E-state index is -4.78. The SMILES string of the molecule is C[C](c1cccc(OC(F)F)c1)c1cccc(OC(F)(F)F)c1. The molecule has 0 atom stereocenters. The van der Waals surface area contributed by atoms with E-state index in [2.05, 4.69) is 9.47 Å². The summed E-state index contributed by atoms with van der Waals surface area (Å²) in [7, 11) is 0. The van der Waals surface area contributed by atoms with Gasteiger partial charge in [0, 0.05) is 5.92 Å². The van der Waals surface area contributed by atoms with Gasteiger partial charge in [0.2, 0.25) is 0 Å². The maximum Gasteiger partial charge on any atom is 0.573 e. The molecule has 0 unspecified atom stereocenters. The summed E-state index contributed by atoms with van der Waals surface area (Å²) in [5, 5.41) is 0. The van der Waals surface area contributed by atoms with Gasteiger partial charge >= 0.3 is 13.0 Å². The smallest absolute Gasteiger partial charge is 0.435 e. The second-order valence-corrected chi connectivity index (χ2v) is 4.61. The highest BCUT2D eigenvalue weighted by molar-refractivity contribution is 5.48. The van der Waals surface area contributed by atoms with E-state index in [1.54, 1.807) is 19.1 Å². The summed E-state index contributed by atoms with van der Waals surface area (Å²) in [6, 6.07) is 11.3. The highest BCUT2D eigenvalue weighted by atomic mass is 19.4. The number of ether oxygens (including phenoxy) is 2. The average molecular weight is 331 g/mol. The molecule has 0 N–H and O–H groups in total. The Balaban J connectivity index is 2.23. The zero-order chi connectivity index (χ0) is 17.0. The summed E-state index contributed by atoms with van der Waals surface area (Å²) in [5.41, 5.74) is 1.02. The van der Waals surface area contributed by atoms with Gasteiger partial charge in [-0.05, 0) is 35.4 Å². The van der Waals surface area contributed by atoms with Crippen LogP contribution in [-0.4, -0.2) is 13.0 Å². The highest BCUT2D eigenvalue weighted by Gasteiger charge is 2.31. The first-order chi connectivity index (χ1) is 10.7. The summed E-state index contributed by atoms with van der Waals surface area (Å²) in [5.74, 6) is 0.214. The minimum Gasteiger partial charge on any atom is -0.435 e. The molecule has 7 heteroatoms. The third-order valence-electron chi connectivity index (χ3n) is 2.99. The predicted octanol–water partition coefficient (Wildman–Crippen LogP) is 5.18. The zero-order valence-corrected chi connectivity index (χ0v) is 11.9. The molecule has 123 valence electrons. The lowest BCUT2D eigenvalue weighted by Crippen LogP contribution is -2.17. The third-order valence-corrected chi connectivity index (χ3v) is 2.99. The topological polar surface area (TPSA) is 18.5 Å². The van der Waals surface area contributed by atoms with Crippen molar-refractivity contribution in [1.29, 1.82) is 0 Å². The van der Waals surface area contributed by atoms with Crippen LogP contribution in [0.15, 0.2) is 48.5 Å². The molecule has 0 saturated carbocycles. The van der Waals surface area contributed by atoms with Gasteiger partial charge in [0.1, 0.15) is 11.5 Å². The van der Waals surface area contributed by atoms with Crippen molar-refractivity contribution < 1.29 is 31.4 Å². The summed E-state index contributed by atoms with van der Waals surface area (Å²) in [4.78, 5) is 0. The molecule has 1 radical (unpaired) electrons. The van der Waals surface area contributed by atoms with Crippen LogP contribution in [0.4, 0.5) is 22.0 Å². The van der Waals surface area contributed by atoms with Gasteiger partial charge in [0.25, 0.3) is 0 Å². The van der Waals surface area contributed by atoms with E-state index in [0.29, 0.717) is 17.0 Å². The van der Waals surface area contributed by atoms with Crippen LogP contribution in [-0.2, 0) is 0 Å². The lowest BCUT2D eigenvalue weighted by molar-refractivity contribution is -0.274. The molecule has 2 aromatic rings. The number of hydrogen-bond donors (Lipinski definition) is 0. The molecule has 0 heterocycles. The van der Waals surface area contributed by atoms with Gasteiger partial charge in [-0.2, -0.15) is 8.78 Å². The number of hydrogen-bond acceptors (Lipinski definition) is 2. The third kappa shape index (κ3) is 5.12. The number of alkyl halides is 5. The second kappa shape index (κ2) is 6.85. The fraction of sp³-hybridized carbons (Fsp3) is 0.188. The Morgan fingerprint density at radius 1 is 0.913 bits per heavy atom. The number of rotatable bonds is 5. The first-order valence-corrected chi connectivity index (χ1v) is 6.49. The van der Waals surface area contributed by atoms with Gasteiger partial charge in [-0.15, -0.1) is 13.2 Å². The van der Waals surface area contributed by atoms with E-state index in [0.717, 1.165) is 0 Å². The first-order valence-electron chi connectivity index (χ1n) is 6.49. The molecule has 2 aromatic carbocycles. The van der Waals surface area contributed by atoms with E-state index in [1.807, 2.05) is 0 Å². The lowest BCUT2D eigenvalue weighted by atomic mass is 9.93. The lowest BCUT2D eigenvalue weighted by Gasteiger charge is -2.15. The molecule has 0 fully saturated rings. The van der Waals surface area contributed by atoms with Crippen molar-refractivity contribution >= 4 is 0 Å². The van der Waals surface area contributed by atoms with Crippen LogP contribution in [0.5, 0.6) is 11.5 Å². The van der Waals surface area contributed by atoms with Crippen molar-refractivity contribution in [2.75, 3.05) is 0 Å². The standard InChI is InChI=1S/C16H12F5O2/c1-10(11-4-2-6-13(8-11)22-15(17)18)12-5-3-7-14(9-12)23-16(19,20)21/h2-9,15H,1H3. The van der Waals surface area contributed by atoms with Crippen LogP contribution in [0.1, 0.15) is 18.1 Å². The van der Waals surface area contributed by atoms with Crippen molar-refractivity contribution in [1.82, 2.24) is 0 Å². The molecule has 0 aliphatic carbocycles. The van der Waals surface area contributed by atoms with Crippen LogP contribution in [0.25, 0.3) is 0 Å². The fourth-order valence-electron chi connectivity index (χ4n) is 2.00. The Labute approximate surface area is 129 Å². The average Bonchev–Trinajstić information content (AvgIpc) is 2.44. The highest BCUT2D eigenvalue weighted by Crippen LogP contribution is 2.30. The van der Waals surface area contributed by atoms with Crippen LogP contribution in [0.3, 0.4) is 0 Å². The molecule has 2 rings (SSSR count). The largest absolute Gasteiger partial charge is 0.573 e. The number of benzene rings is 2. The molecule has 0 aliphatic rings. The Morgan fingerprint density at radius 3 is 1.96 bits per heavy atom. The van der Waals surface area contributed by atoms with E-state index in [4.69, 9.17) is 0 Å². The molecule has 23 heavy (non-hydrogen) atoms. The van der Waals surface area contributed by atoms with Crippen molar-refractivity contribution in [2.24, 2.45) is 0 Å². The fourth-order valence-corrected chi connectivity index (χ4v) is 2.00. The molecule has 0 spiro atoms. The Morgan fingerprint density at radius 2 is 1.43 bits per heavy atom. The summed E-state index contributed by atoms with van der Waals surface area (Å²) in [6.45, 7) is -1.29. The van der Waals surface area contributed by atoms with Crippen molar-refractivity contribution in [3.63, 3.8) is 0 Å². The molecule has 0 saturated heterocycles. The van der Waals surface area contributed by atoms with Crippen LogP contribution in [0.2, 0.25) is 0 Å². The molecule has 0 aliphatic heterocycles. The monoisotopic (exact) mass is 331 g/mol. The van der Waals surface area contributed by atoms with Crippen molar-refractivity contribution in [2.45, 2.75) is 19.9 Å². The maximum absolute atomic E-state index is 12.3. The normalized spacial score (nSPS) is 11.8. The van der Waals surface area contributed by atoms with E-state index < -0.39 is 13.0 Å². The van der Waals surface area contributed by atoms with Gasteiger partial charge in [-0.25, -0.2) is 0 Å². The minimum absolute atomic E-state index is 0.0282. The Bertz CT molecular complexity index is 655. The Hall–Kier alpha value is -2.31. The van der Waals surface area contributed by atoms with Crippen LogP contribution in [0, 0.1) is 5.92 Å². The molecule has 0 aromatic heterocycles. The first kappa shape index (κ1) is 17.1. The molecule has 0 amide bonds. The summed E-state index contributed by atoms with van der Waals surface area (Å²) < 4.78 is 69.4. The number of halogens is 5. The van der Waals surface area contributed by atoms with E-state index in [-0.39, 0.29) is 11.5 Å². The van der Waals surface area contributed by atoms with Gasteiger partial charge in [-0.1, -0.05) is 31.2 Å². The quantitative estimate of drug-likeness (QED) is 0.703. The molecular formula is C16H12F5O2. The second-order valence-electron chi connectivity index (χ2n) is 4.61. The van der Waals surface area contributed by atoms with Crippen molar-refractivity contribution in [3.05, 3.63) is 65.6 Å². The van der Waals surface area contributed by atoms with E-state index >= 15 is 0 Å². The summed E-state index contributed by atoms with van der Waals surface area (Å²) in [6.07, 6.45) is -4.78. The van der Waals surface area contributed by atoms with Gasteiger partial charge < -0.3 is 9.47 Å². The van der Waals surface area contributed by atoms with Crippen LogP contribution < -0.4 is 9.47 Å². The van der Waals surface area contributed by atoms with Gasteiger partial charge in [0.05, 0.1) is 0 Å². The van der Waals surface area contributed by atoms with Gasteiger partial charge in [-0.3, -0.25) is 0 Å². The van der Waals surface area contributed by atoms with Crippen LogP contribution >= 0.6 is 0 Å². The maximum atomic E-state index is 12.3. The molecular weight excluding hydrogens is 319 g/mol. The molecule has 2 nitrogen and oxygen atoms in total. The summed E-state index contributed by atoms with van der Waals surface area (Å²) >= 11 is 0. The molecule has 0 bridgehead atoms. The van der Waals surface area contributed by atoms with Crippen molar-refractivity contribution in [3.8, 4) is 11.5 Å².